The Morgan fingerprint density at radius 2 is 1.75 bits per heavy atom. The van der Waals surface area contributed by atoms with Gasteiger partial charge in [-0.1, -0.05) is 6.07 Å². The highest BCUT2D eigenvalue weighted by Gasteiger charge is 2.27. The average Bonchev–Trinajstić information content (AvgIpc) is 2.26. The molecule has 1 rings (SSSR count). The van der Waals surface area contributed by atoms with Crippen molar-refractivity contribution in [3.05, 3.63) is 24.3 Å². The lowest BCUT2D eigenvalue weighted by Crippen LogP contribution is -2.46. The van der Waals surface area contributed by atoms with Crippen molar-refractivity contribution < 1.29 is 21.6 Å². The Bertz CT molecular complexity index is 683. The second kappa shape index (κ2) is 5.98. The van der Waals surface area contributed by atoms with Gasteiger partial charge in [0.15, 0.2) is 0 Å². The fraction of sp³-hybridized carbons (Fsp3) is 0.455. The van der Waals surface area contributed by atoms with Gasteiger partial charge in [0.25, 0.3) is 9.05 Å². The first-order chi connectivity index (χ1) is 8.98. The summed E-state index contributed by atoms with van der Waals surface area (Å²) in [7, 11) is -1.20. The molecule has 0 saturated heterocycles. The van der Waals surface area contributed by atoms with E-state index in [1.165, 1.54) is 25.3 Å². The van der Waals surface area contributed by atoms with Crippen LogP contribution in [-0.2, 0) is 23.8 Å². The molecule has 1 N–H and O–H groups in total. The molecule has 0 amide bonds. The van der Waals surface area contributed by atoms with Crippen LogP contribution in [0.5, 0.6) is 0 Å². The van der Waals surface area contributed by atoms with Crippen molar-refractivity contribution in [3.8, 4) is 0 Å². The summed E-state index contributed by atoms with van der Waals surface area (Å²) in [6.45, 7) is 3.46. The summed E-state index contributed by atoms with van der Waals surface area (Å²) in [6, 6.07) is 4.83. The molecule has 0 aliphatic carbocycles. The first kappa shape index (κ1) is 17.4. The van der Waals surface area contributed by atoms with Gasteiger partial charge in [0.1, 0.15) is 0 Å². The molecule has 0 atom stereocenters. The standard InChI is InChI=1S/C11H16ClNO5S2/c1-11(2,8-18-3)13-20(16,17)10-6-4-5-9(7-10)19(12,14)15/h4-7,13H,8H2,1-3H3. The van der Waals surface area contributed by atoms with E-state index >= 15 is 0 Å². The summed E-state index contributed by atoms with van der Waals surface area (Å²) in [5, 5.41) is 0. The van der Waals surface area contributed by atoms with Crippen molar-refractivity contribution in [3.63, 3.8) is 0 Å². The van der Waals surface area contributed by atoms with Gasteiger partial charge in [0.05, 0.1) is 21.9 Å². The summed E-state index contributed by atoms with van der Waals surface area (Å²) in [4.78, 5) is -0.449. The minimum Gasteiger partial charge on any atom is -0.383 e. The van der Waals surface area contributed by atoms with Crippen molar-refractivity contribution >= 4 is 29.8 Å². The number of methoxy groups -OCH3 is 1. The van der Waals surface area contributed by atoms with Crippen molar-refractivity contribution in [2.45, 2.75) is 29.2 Å². The lowest BCUT2D eigenvalue weighted by atomic mass is 10.1. The molecule has 6 nitrogen and oxygen atoms in total. The van der Waals surface area contributed by atoms with Crippen molar-refractivity contribution in [2.75, 3.05) is 13.7 Å². The molecule has 0 radical (unpaired) electrons. The van der Waals surface area contributed by atoms with Crippen LogP contribution in [0.25, 0.3) is 0 Å². The molecule has 9 heteroatoms. The van der Waals surface area contributed by atoms with Gasteiger partial charge in [-0.3, -0.25) is 0 Å². The lowest BCUT2D eigenvalue weighted by Gasteiger charge is -2.24. The summed E-state index contributed by atoms with van der Waals surface area (Å²) < 4.78 is 54.2. The molecular weight excluding hydrogens is 326 g/mol. The van der Waals surface area contributed by atoms with Crippen molar-refractivity contribution in [1.29, 1.82) is 0 Å². The molecule has 0 unspecified atom stereocenters. The van der Waals surface area contributed by atoms with Crippen molar-refractivity contribution in [1.82, 2.24) is 4.72 Å². The van der Waals surface area contributed by atoms with Gasteiger partial charge in [-0.15, -0.1) is 0 Å². The highest BCUT2D eigenvalue weighted by atomic mass is 35.7. The molecule has 0 aliphatic rings. The minimum absolute atomic E-state index is 0.166. The number of hydrogen-bond acceptors (Lipinski definition) is 5. The molecule has 114 valence electrons. The van der Waals surface area contributed by atoms with Crippen LogP contribution in [0.2, 0.25) is 0 Å². The summed E-state index contributed by atoms with van der Waals surface area (Å²) in [6.07, 6.45) is 0. The number of sulfonamides is 1. The normalized spacial score (nSPS) is 13.4. The third-order valence-electron chi connectivity index (χ3n) is 2.31. The van der Waals surface area contributed by atoms with E-state index in [1.807, 2.05) is 0 Å². The van der Waals surface area contributed by atoms with Gasteiger partial charge in [-0.05, 0) is 32.0 Å². The Balaban J connectivity index is 3.17. The second-order valence-corrected chi connectivity index (χ2v) is 9.08. The quantitative estimate of drug-likeness (QED) is 0.788. The molecule has 0 saturated carbocycles. The monoisotopic (exact) mass is 341 g/mol. The van der Waals surface area contributed by atoms with Crippen LogP contribution in [0.15, 0.2) is 34.1 Å². The highest BCUT2D eigenvalue weighted by Crippen LogP contribution is 2.20. The number of ether oxygens (including phenoxy) is 1. The van der Waals surface area contributed by atoms with Crippen LogP contribution in [0, 0.1) is 0 Å². The second-order valence-electron chi connectivity index (χ2n) is 4.84. The Morgan fingerprint density at radius 3 is 2.25 bits per heavy atom. The molecule has 20 heavy (non-hydrogen) atoms. The number of nitrogens with one attached hydrogen (secondary N) is 1. The number of rotatable bonds is 6. The third kappa shape index (κ3) is 4.71. The van der Waals surface area contributed by atoms with Crippen LogP contribution in [-0.4, -0.2) is 36.1 Å². The van der Waals surface area contributed by atoms with Crippen LogP contribution in [0.4, 0.5) is 0 Å². The molecule has 1 aromatic carbocycles. The Kier molecular flexibility index (Phi) is 5.20. The minimum atomic E-state index is -3.98. The Hall–Kier alpha value is -0.670. The van der Waals surface area contributed by atoms with Gasteiger partial charge in [-0.2, -0.15) is 0 Å². The maximum absolute atomic E-state index is 12.2. The van der Waals surface area contributed by atoms with E-state index in [1.54, 1.807) is 13.8 Å². The zero-order chi connectivity index (χ0) is 15.6. The van der Waals surface area contributed by atoms with E-state index in [-0.39, 0.29) is 16.4 Å². The van der Waals surface area contributed by atoms with E-state index in [0.717, 1.165) is 6.07 Å². The van der Waals surface area contributed by atoms with Crippen LogP contribution in [0.3, 0.4) is 0 Å². The summed E-state index contributed by atoms with van der Waals surface area (Å²) in [5.41, 5.74) is -0.830. The highest BCUT2D eigenvalue weighted by molar-refractivity contribution is 8.13. The lowest BCUT2D eigenvalue weighted by molar-refractivity contribution is 0.141. The van der Waals surface area contributed by atoms with E-state index in [0.29, 0.717) is 0 Å². The smallest absolute Gasteiger partial charge is 0.261 e. The molecule has 0 aliphatic heterocycles. The van der Waals surface area contributed by atoms with Crippen LogP contribution in [0.1, 0.15) is 13.8 Å². The van der Waals surface area contributed by atoms with Gasteiger partial charge < -0.3 is 4.74 Å². The molecule has 0 fully saturated rings. The maximum atomic E-state index is 12.2. The van der Waals surface area contributed by atoms with E-state index in [9.17, 15) is 16.8 Å². The Labute approximate surface area is 123 Å². The average molecular weight is 342 g/mol. The van der Waals surface area contributed by atoms with Gasteiger partial charge >= 0.3 is 0 Å². The fourth-order valence-corrected chi connectivity index (χ4v) is 3.92. The number of benzene rings is 1. The molecular formula is C11H16ClNO5S2. The molecule has 0 spiro atoms. The Morgan fingerprint density at radius 1 is 1.20 bits per heavy atom. The van der Waals surface area contributed by atoms with E-state index < -0.39 is 24.6 Å². The molecule has 0 bridgehead atoms. The first-order valence-electron chi connectivity index (χ1n) is 5.56. The van der Waals surface area contributed by atoms with Crippen LogP contribution >= 0.6 is 10.7 Å². The third-order valence-corrected chi connectivity index (χ3v) is 5.36. The van der Waals surface area contributed by atoms with Gasteiger partial charge in [0.2, 0.25) is 10.0 Å². The summed E-state index contributed by atoms with van der Waals surface area (Å²) in [5.74, 6) is 0. The molecule has 0 heterocycles. The predicted molar refractivity (Wildman–Crippen MR) is 75.8 cm³/mol. The molecule has 1 aromatic rings. The first-order valence-corrected chi connectivity index (χ1v) is 9.35. The van der Waals surface area contributed by atoms with E-state index in [4.69, 9.17) is 15.4 Å². The zero-order valence-corrected chi connectivity index (χ0v) is 13.6. The molecule has 0 aromatic heterocycles. The van der Waals surface area contributed by atoms with Gasteiger partial charge in [-0.25, -0.2) is 21.6 Å². The van der Waals surface area contributed by atoms with E-state index in [2.05, 4.69) is 4.72 Å². The largest absolute Gasteiger partial charge is 0.383 e. The van der Waals surface area contributed by atoms with Gasteiger partial charge in [0, 0.05) is 17.8 Å². The SMILES string of the molecule is COCC(C)(C)NS(=O)(=O)c1cccc(S(=O)(=O)Cl)c1. The summed E-state index contributed by atoms with van der Waals surface area (Å²) >= 11 is 0. The number of hydrogen-bond donors (Lipinski definition) is 1. The topological polar surface area (TPSA) is 89.5 Å². The maximum Gasteiger partial charge on any atom is 0.261 e. The predicted octanol–water partition coefficient (Wildman–Crippen LogP) is 1.32. The fourth-order valence-electron chi connectivity index (χ4n) is 1.61. The number of halogens is 1. The zero-order valence-electron chi connectivity index (χ0n) is 11.3. The van der Waals surface area contributed by atoms with Crippen LogP contribution < -0.4 is 4.72 Å². The van der Waals surface area contributed by atoms with Crippen molar-refractivity contribution in [2.24, 2.45) is 0 Å².